The van der Waals surface area contributed by atoms with Crippen molar-refractivity contribution in [3.63, 3.8) is 0 Å². The number of furan rings is 1. The maximum Gasteiger partial charge on any atom is 0.176 e. The molecule has 0 N–H and O–H groups in total. The second-order valence-corrected chi connectivity index (χ2v) is 4.84. The van der Waals surface area contributed by atoms with Crippen LogP contribution in [0.1, 0.15) is 21.9 Å². The number of nitrogens with zero attached hydrogens (tertiary/aromatic N) is 1. The summed E-state index contributed by atoms with van der Waals surface area (Å²) in [5.74, 6) is 2.51. The van der Waals surface area contributed by atoms with Crippen LogP contribution in [0, 0.1) is 6.92 Å². The van der Waals surface area contributed by atoms with E-state index in [1.165, 1.54) is 0 Å². The Hall–Kier alpha value is -2.07. The second-order valence-electron chi connectivity index (χ2n) is 4.84. The van der Waals surface area contributed by atoms with E-state index in [-0.39, 0.29) is 5.78 Å². The molecule has 1 heterocycles. The third-order valence-corrected chi connectivity index (χ3v) is 3.03. The van der Waals surface area contributed by atoms with Gasteiger partial charge in [0.2, 0.25) is 0 Å². The molecule has 0 saturated heterocycles. The molecule has 0 saturated carbocycles. The van der Waals surface area contributed by atoms with Crippen LogP contribution < -0.4 is 4.74 Å². The first kappa shape index (κ1) is 14.3. The largest absolute Gasteiger partial charge is 0.497 e. The molecule has 2 rings (SSSR count). The fraction of sp³-hybridized carbons (Fsp3) is 0.312. The predicted octanol–water partition coefficient (Wildman–Crippen LogP) is 2.91. The van der Waals surface area contributed by atoms with Gasteiger partial charge in [-0.15, -0.1) is 0 Å². The first-order valence-electron chi connectivity index (χ1n) is 6.49. The molecule has 0 fully saturated rings. The Morgan fingerprint density at radius 3 is 2.75 bits per heavy atom. The minimum Gasteiger partial charge on any atom is -0.497 e. The van der Waals surface area contributed by atoms with E-state index in [0.717, 1.165) is 11.5 Å². The molecule has 0 spiro atoms. The number of hydrogen-bond donors (Lipinski definition) is 0. The lowest BCUT2D eigenvalue weighted by Gasteiger charge is -2.14. The van der Waals surface area contributed by atoms with E-state index < -0.39 is 0 Å². The number of hydrogen-bond acceptors (Lipinski definition) is 4. The molecule has 0 atom stereocenters. The SMILES string of the molecule is COc1cccc(C(=O)CN(C)Cc2ccc(C)o2)c1. The van der Waals surface area contributed by atoms with Crippen molar-refractivity contribution in [3.8, 4) is 5.75 Å². The van der Waals surface area contributed by atoms with Gasteiger partial charge in [0, 0.05) is 5.56 Å². The maximum atomic E-state index is 12.2. The highest BCUT2D eigenvalue weighted by Gasteiger charge is 2.11. The molecule has 106 valence electrons. The maximum absolute atomic E-state index is 12.2. The smallest absolute Gasteiger partial charge is 0.176 e. The van der Waals surface area contributed by atoms with E-state index in [1.54, 1.807) is 19.2 Å². The highest BCUT2D eigenvalue weighted by molar-refractivity contribution is 5.97. The molecule has 0 radical (unpaired) electrons. The van der Waals surface area contributed by atoms with E-state index in [0.29, 0.717) is 24.4 Å². The van der Waals surface area contributed by atoms with Crippen LogP contribution in [0.15, 0.2) is 40.8 Å². The summed E-state index contributed by atoms with van der Waals surface area (Å²) in [6.07, 6.45) is 0. The van der Waals surface area contributed by atoms with Gasteiger partial charge in [-0.05, 0) is 38.2 Å². The van der Waals surface area contributed by atoms with E-state index >= 15 is 0 Å². The molecular formula is C16H19NO3. The molecule has 0 amide bonds. The van der Waals surface area contributed by atoms with Crippen LogP contribution in [-0.2, 0) is 6.54 Å². The van der Waals surface area contributed by atoms with Crippen LogP contribution in [0.25, 0.3) is 0 Å². The first-order chi connectivity index (χ1) is 9.58. The van der Waals surface area contributed by atoms with E-state index in [4.69, 9.17) is 9.15 Å². The van der Waals surface area contributed by atoms with Gasteiger partial charge in [-0.1, -0.05) is 12.1 Å². The minimum atomic E-state index is 0.0645. The fourth-order valence-electron chi connectivity index (χ4n) is 2.02. The highest BCUT2D eigenvalue weighted by Crippen LogP contribution is 2.14. The number of likely N-dealkylation sites (N-methyl/N-ethyl adjacent to an activating group) is 1. The lowest BCUT2D eigenvalue weighted by atomic mass is 10.1. The van der Waals surface area contributed by atoms with Gasteiger partial charge in [0.25, 0.3) is 0 Å². The average molecular weight is 273 g/mol. The third-order valence-electron chi connectivity index (χ3n) is 3.03. The number of rotatable bonds is 6. The van der Waals surface area contributed by atoms with Crippen LogP contribution in [-0.4, -0.2) is 31.4 Å². The Morgan fingerprint density at radius 2 is 2.10 bits per heavy atom. The third kappa shape index (κ3) is 3.71. The zero-order valence-corrected chi connectivity index (χ0v) is 12.1. The van der Waals surface area contributed by atoms with Gasteiger partial charge in [-0.25, -0.2) is 0 Å². The van der Waals surface area contributed by atoms with E-state index in [1.807, 2.05) is 43.1 Å². The van der Waals surface area contributed by atoms with Crippen molar-refractivity contribution in [2.45, 2.75) is 13.5 Å². The zero-order chi connectivity index (χ0) is 14.5. The van der Waals surface area contributed by atoms with Crippen molar-refractivity contribution in [1.82, 2.24) is 4.90 Å². The molecule has 20 heavy (non-hydrogen) atoms. The fourth-order valence-corrected chi connectivity index (χ4v) is 2.02. The number of ether oxygens (including phenoxy) is 1. The molecule has 0 aliphatic heterocycles. The summed E-state index contributed by atoms with van der Waals surface area (Å²) < 4.78 is 10.6. The molecule has 1 aromatic carbocycles. The quantitative estimate of drug-likeness (QED) is 0.759. The monoisotopic (exact) mass is 273 g/mol. The summed E-state index contributed by atoms with van der Waals surface area (Å²) in [5, 5.41) is 0. The molecular weight excluding hydrogens is 254 g/mol. The molecule has 4 nitrogen and oxygen atoms in total. The normalized spacial score (nSPS) is 10.8. The molecule has 0 bridgehead atoms. The average Bonchev–Trinajstić information content (AvgIpc) is 2.83. The Labute approximate surface area is 119 Å². The van der Waals surface area contributed by atoms with Crippen LogP contribution in [0.3, 0.4) is 0 Å². The topological polar surface area (TPSA) is 42.7 Å². The van der Waals surface area contributed by atoms with Crippen LogP contribution in [0.5, 0.6) is 5.75 Å². The lowest BCUT2D eigenvalue weighted by Crippen LogP contribution is -2.25. The zero-order valence-electron chi connectivity index (χ0n) is 12.1. The minimum absolute atomic E-state index is 0.0645. The number of aryl methyl sites for hydroxylation is 1. The number of carbonyl (C=O) groups is 1. The van der Waals surface area contributed by atoms with Crippen LogP contribution in [0.2, 0.25) is 0 Å². The van der Waals surface area contributed by atoms with Gasteiger partial charge in [0.1, 0.15) is 17.3 Å². The Bertz CT molecular complexity index is 589. The van der Waals surface area contributed by atoms with Gasteiger partial charge in [-0.3, -0.25) is 9.69 Å². The molecule has 4 heteroatoms. The molecule has 2 aromatic rings. The van der Waals surface area contributed by atoms with Crippen molar-refractivity contribution in [1.29, 1.82) is 0 Å². The molecule has 0 aliphatic rings. The van der Waals surface area contributed by atoms with E-state index in [9.17, 15) is 4.79 Å². The predicted molar refractivity (Wildman–Crippen MR) is 77.1 cm³/mol. The molecule has 1 aromatic heterocycles. The summed E-state index contributed by atoms with van der Waals surface area (Å²) in [6.45, 7) is 2.86. The van der Waals surface area contributed by atoms with Gasteiger partial charge in [0.05, 0.1) is 20.2 Å². The van der Waals surface area contributed by atoms with Crippen molar-refractivity contribution in [2.75, 3.05) is 20.7 Å². The summed E-state index contributed by atoms with van der Waals surface area (Å²) in [7, 11) is 3.49. The lowest BCUT2D eigenvalue weighted by molar-refractivity contribution is 0.0939. The Balaban J connectivity index is 1.96. The van der Waals surface area contributed by atoms with E-state index in [2.05, 4.69) is 0 Å². The standard InChI is InChI=1S/C16H19NO3/c1-12-7-8-15(20-12)10-17(2)11-16(18)13-5-4-6-14(9-13)19-3/h4-9H,10-11H2,1-3H3. The number of methoxy groups -OCH3 is 1. The Morgan fingerprint density at radius 1 is 1.30 bits per heavy atom. The summed E-state index contributed by atoms with van der Waals surface area (Å²) >= 11 is 0. The number of Topliss-reactive ketones (excluding diaryl/α,β-unsaturated/α-hetero) is 1. The highest BCUT2D eigenvalue weighted by atomic mass is 16.5. The Kier molecular flexibility index (Phi) is 4.58. The number of ketones is 1. The van der Waals surface area contributed by atoms with Crippen molar-refractivity contribution < 1.29 is 13.9 Å². The number of carbonyl (C=O) groups excluding carboxylic acids is 1. The molecule has 0 aliphatic carbocycles. The number of benzene rings is 1. The second kappa shape index (κ2) is 6.39. The van der Waals surface area contributed by atoms with Gasteiger partial charge in [-0.2, -0.15) is 0 Å². The van der Waals surface area contributed by atoms with Gasteiger partial charge in [0.15, 0.2) is 5.78 Å². The van der Waals surface area contributed by atoms with Crippen molar-refractivity contribution in [2.24, 2.45) is 0 Å². The van der Waals surface area contributed by atoms with Crippen molar-refractivity contribution in [3.05, 3.63) is 53.5 Å². The van der Waals surface area contributed by atoms with Gasteiger partial charge >= 0.3 is 0 Å². The summed E-state index contributed by atoms with van der Waals surface area (Å²) in [5.41, 5.74) is 0.659. The summed E-state index contributed by atoms with van der Waals surface area (Å²) in [4.78, 5) is 14.1. The first-order valence-corrected chi connectivity index (χ1v) is 6.49. The summed E-state index contributed by atoms with van der Waals surface area (Å²) in [6, 6.07) is 11.1. The van der Waals surface area contributed by atoms with Gasteiger partial charge < -0.3 is 9.15 Å². The van der Waals surface area contributed by atoms with Crippen molar-refractivity contribution >= 4 is 5.78 Å². The van der Waals surface area contributed by atoms with Crippen LogP contribution in [0.4, 0.5) is 0 Å². The molecule has 0 unspecified atom stereocenters. The van der Waals surface area contributed by atoms with Crippen LogP contribution >= 0.6 is 0 Å².